The van der Waals surface area contributed by atoms with Crippen LogP contribution in [0.25, 0.3) is 0 Å². The summed E-state index contributed by atoms with van der Waals surface area (Å²) in [6.07, 6.45) is 5.90. The highest BCUT2D eigenvalue weighted by molar-refractivity contribution is 6.43. The van der Waals surface area contributed by atoms with E-state index in [1.807, 2.05) is 0 Å². The molecule has 4 rings (SSSR count). The highest BCUT2D eigenvalue weighted by Crippen LogP contribution is 2.34. The Morgan fingerprint density at radius 1 is 1.50 bits per heavy atom. The topological polar surface area (TPSA) is 76.0 Å². The van der Waals surface area contributed by atoms with Gasteiger partial charge in [-0.15, -0.1) is 0 Å². The number of pyridine rings is 1. The fourth-order valence-electron chi connectivity index (χ4n) is 3.68. The number of carbonyl (C=O) groups is 1. The van der Waals surface area contributed by atoms with E-state index >= 15 is 0 Å². The molecule has 3 aliphatic rings. The van der Waals surface area contributed by atoms with Crippen molar-refractivity contribution >= 4 is 17.3 Å². The maximum absolute atomic E-state index is 12.3. The van der Waals surface area contributed by atoms with Gasteiger partial charge in [-0.3, -0.25) is 14.7 Å². The molecular formula is C17H22N4O3. The zero-order chi connectivity index (χ0) is 16.4. The van der Waals surface area contributed by atoms with E-state index in [-0.39, 0.29) is 11.5 Å². The number of hydrogen-bond acceptors (Lipinski definition) is 6. The van der Waals surface area contributed by atoms with E-state index in [1.165, 1.54) is 0 Å². The third-order valence-electron chi connectivity index (χ3n) is 4.96. The largest absolute Gasteiger partial charge is 0.387 e. The van der Waals surface area contributed by atoms with Gasteiger partial charge in [0.05, 0.1) is 18.5 Å². The van der Waals surface area contributed by atoms with E-state index in [0.717, 1.165) is 45.7 Å². The SMILES string of the molecule is O=C(Nc1cccnc1)C1=NO[C@]2(CCN(C[C@H]3CCOC3)C2)C1. The molecule has 0 saturated carbocycles. The lowest BCUT2D eigenvalue weighted by molar-refractivity contribution is -0.110. The molecule has 24 heavy (non-hydrogen) atoms. The Morgan fingerprint density at radius 3 is 3.25 bits per heavy atom. The summed E-state index contributed by atoms with van der Waals surface area (Å²) in [4.78, 5) is 24.4. The lowest BCUT2D eigenvalue weighted by Gasteiger charge is -2.23. The first kappa shape index (κ1) is 15.5. The minimum Gasteiger partial charge on any atom is -0.387 e. The number of anilines is 1. The minimum atomic E-state index is -0.332. The number of nitrogens with one attached hydrogen (secondary N) is 1. The van der Waals surface area contributed by atoms with Gasteiger partial charge < -0.3 is 14.9 Å². The molecule has 0 bridgehead atoms. The maximum atomic E-state index is 12.3. The number of hydrogen-bond donors (Lipinski definition) is 1. The molecule has 2 atom stereocenters. The minimum absolute atomic E-state index is 0.206. The van der Waals surface area contributed by atoms with Crippen LogP contribution >= 0.6 is 0 Å². The van der Waals surface area contributed by atoms with Crippen LogP contribution in [-0.2, 0) is 14.4 Å². The average Bonchev–Trinajstić information content (AvgIpc) is 3.32. The molecule has 1 spiro atoms. The number of nitrogens with zero attached hydrogens (tertiary/aromatic N) is 3. The smallest absolute Gasteiger partial charge is 0.273 e. The molecule has 4 heterocycles. The predicted octanol–water partition coefficient (Wildman–Crippen LogP) is 1.28. The Kier molecular flexibility index (Phi) is 4.20. The van der Waals surface area contributed by atoms with Gasteiger partial charge >= 0.3 is 0 Å². The third kappa shape index (κ3) is 3.27. The predicted molar refractivity (Wildman–Crippen MR) is 88.7 cm³/mol. The van der Waals surface area contributed by atoms with Crippen LogP contribution in [0.4, 0.5) is 5.69 Å². The summed E-state index contributed by atoms with van der Waals surface area (Å²) < 4.78 is 5.45. The first-order chi connectivity index (χ1) is 11.7. The van der Waals surface area contributed by atoms with Crippen molar-refractivity contribution < 1.29 is 14.4 Å². The summed E-state index contributed by atoms with van der Waals surface area (Å²) in [5.41, 5.74) is 0.798. The average molecular weight is 330 g/mol. The van der Waals surface area contributed by atoms with Crippen molar-refractivity contribution in [1.29, 1.82) is 0 Å². The zero-order valence-corrected chi connectivity index (χ0v) is 13.6. The van der Waals surface area contributed by atoms with Crippen LogP contribution in [0.1, 0.15) is 19.3 Å². The highest BCUT2D eigenvalue weighted by atomic mass is 16.7. The molecule has 0 aromatic carbocycles. The molecule has 1 amide bonds. The van der Waals surface area contributed by atoms with Gasteiger partial charge in [-0.05, 0) is 24.5 Å². The molecule has 0 unspecified atom stereocenters. The Labute approximate surface area is 141 Å². The van der Waals surface area contributed by atoms with Gasteiger partial charge in [-0.2, -0.15) is 0 Å². The Balaban J connectivity index is 1.31. The summed E-state index contributed by atoms with van der Waals surface area (Å²) in [5.74, 6) is 0.415. The van der Waals surface area contributed by atoms with Crippen molar-refractivity contribution in [3.8, 4) is 0 Å². The second-order valence-corrected chi connectivity index (χ2v) is 6.90. The lowest BCUT2D eigenvalue weighted by atomic mass is 9.96. The maximum Gasteiger partial charge on any atom is 0.273 e. The van der Waals surface area contributed by atoms with Gasteiger partial charge in [0.25, 0.3) is 5.91 Å². The number of amides is 1. The van der Waals surface area contributed by atoms with E-state index in [0.29, 0.717) is 23.7 Å². The van der Waals surface area contributed by atoms with Crippen LogP contribution in [0.15, 0.2) is 29.7 Å². The first-order valence-corrected chi connectivity index (χ1v) is 8.49. The molecule has 1 N–H and O–H groups in total. The Hall–Kier alpha value is -1.99. The lowest BCUT2D eigenvalue weighted by Crippen LogP contribution is -2.36. The first-order valence-electron chi connectivity index (χ1n) is 8.49. The number of aromatic nitrogens is 1. The Morgan fingerprint density at radius 2 is 2.46 bits per heavy atom. The molecule has 0 radical (unpaired) electrons. The second kappa shape index (κ2) is 6.49. The fourth-order valence-corrected chi connectivity index (χ4v) is 3.68. The summed E-state index contributed by atoms with van der Waals surface area (Å²) in [7, 11) is 0. The normalized spacial score (nSPS) is 29.7. The van der Waals surface area contributed by atoms with Crippen LogP contribution in [0.3, 0.4) is 0 Å². The monoisotopic (exact) mass is 330 g/mol. The van der Waals surface area contributed by atoms with Crippen LogP contribution in [0.5, 0.6) is 0 Å². The van der Waals surface area contributed by atoms with Crippen molar-refractivity contribution in [1.82, 2.24) is 9.88 Å². The standard InChI is InChI=1S/C17H22N4O3/c22-16(19-14-2-1-5-18-9-14)15-8-17(24-20-15)4-6-21(12-17)10-13-3-7-23-11-13/h1-2,5,9,13H,3-4,6-8,10-12H2,(H,19,22)/t13-,17-/m1/s1. The molecule has 1 aromatic rings. The van der Waals surface area contributed by atoms with Crippen molar-refractivity contribution in [3.63, 3.8) is 0 Å². The van der Waals surface area contributed by atoms with Gasteiger partial charge in [0.15, 0.2) is 5.60 Å². The van der Waals surface area contributed by atoms with Gasteiger partial charge in [0.1, 0.15) is 5.71 Å². The summed E-state index contributed by atoms with van der Waals surface area (Å²) in [6, 6.07) is 3.59. The molecule has 7 heteroatoms. The van der Waals surface area contributed by atoms with Crippen molar-refractivity contribution in [2.45, 2.75) is 24.9 Å². The molecule has 128 valence electrons. The molecular weight excluding hydrogens is 308 g/mol. The number of likely N-dealkylation sites (tertiary alicyclic amines) is 1. The molecule has 2 saturated heterocycles. The number of carbonyl (C=O) groups excluding carboxylic acids is 1. The van der Waals surface area contributed by atoms with E-state index in [1.54, 1.807) is 24.5 Å². The van der Waals surface area contributed by atoms with E-state index in [4.69, 9.17) is 9.57 Å². The van der Waals surface area contributed by atoms with Gasteiger partial charge in [-0.1, -0.05) is 5.16 Å². The number of oxime groups is 1. The summed E-state index contributed by atoms with van der Waals surface area (Å²) in [6.45, 7) is 4.60. The Bertz CT molecular complexity index is 630. The molecule has 0 aliphatic carbocycles. The number of ether oxygens (including phenoxy) is 1. The zero-order valence-electron chi connectivity index (χ0n) is 13.6. The summed E-state index contributed by atoms with van der Waals surface area (Å²) >= 11 is 0. The highest BCUT2D eigenvalue weighted by Gasteiger charge is 2.46. The van der Waals surface area contributed by atoms with Gasteiger partial charge in [0, 0.05) is 45.3 Å². The number of rotatable bonds is 4. The molecule has 2 fully saturated rings. The third-order valence-corrected chi connectivity index (χ3v) is 4.96. The molecule has 7 nitrogen and oxygen atoms in total. The second-order valence-electron chi connectivity index (χ2n) is 6.90. The van der Waals surface area contributed by atoms with Crippen LogP contribution in [0, 0.1) is 5.92 Å². The van der Waals surface area contributed by atoms with E-state index in [9.17, 15) is 4.79 Å². The van der Waals surface area contributed by atoms with Gasteiger partial charge in [0.2, 0.25) is 0 Å². The molecule has 3 aliphatic heterocycles. The van der Waals surface area contributed by atoms with Crippen molar-refractivity contribution in [3.05, 3.63) is 24.5 Å². The van der Waals surface area contributed by atoms with E-state index < -0.39 is 0 Å². The fraction of sp³-hybridized carbons (Fsp3) is 0.588. The van der Waals surface area contributed by atoms with Gasteiger partial charge in [-0.25, -0.2) is 0 Å². The molecule has 1 aromatic heterocycles. The summed E-state index contributed by atoms with van der Waals surface area (Å²) in [5, 5.41) is 6.88. The quantitative estimate of drug-likeness (QED) is 0.900. The van der Waals surface area contributed by atoms with Crippen molar-refractivity contribution in [2.24, 2.45) is 11.1 Å². The van der Waals surface area contributed by atoms with Crippen LogP contribution < -0.4 is 5.32 Å². The van der Waals surface area contributed by atoms with Crippen molar-refractivity contribution in [2.75, 3.05) is 38.2 Å². The van der Waals surface area contributed by atoms with Crippen LogP contribution in [-0.4, -0.2) is 60.0 Å². The van der Waals surface area contributed by atoms with E-state index in [2.05, 4.69) is 20.4 Å². The van der Waals surface area contributed by atoms with Crippen LogP contribution in [0.2, 0.25) is 0 Å².